The van der Waals surface area contributed by atoms with Gasteiger partial charge < -0.3 is 14.4 Å². The largest absolute Gasteiger partial charge is 0.369 e. The lowest BCUT2D eigenvalue weighted by Gasteiger charge is -2.44. The topological polar surface area (TPSA) is 54.9 Å². The van der Waals surface area contributed by atoms with Gasteiger partial charge in [0.05, 0.1) is 31.6 Å². The summed E-state index contributed by atoms with van der Waals surface area (Å²) < 4.78 is 24.6. The van der Waals surface area contributed by atoms with Gasteiger partial charge >= 0.3 is 0 Å². The fraction of sp³-hybridized carbons (Fsp3) is 0.647. The van der Waals surface area contributed by atoms with Crippen molar-refractivity contribution in [2.75, 3.05) is 39.5 Å². The Morgan fingerprint density at radius 2 is 2.21 bits per heavy atom. The van der Waals surface area contributed by atoms with Crippen molar-refractivity contribution in [1.29, 1.82) is 0 Å². The zero-order chi connectivity index (χ0) is 17.2. The Balaban J connectivity index is 1.71. The normalized spacial score (nSPS) is 26.2. The van der Waals surface area contributed by atoms with Crippen LogP contribution in [0.5, 0.6) is 0 Å². The van der Waals surface area contributed by atoms with Crippen molar-refractivity contribution in [3.05, 3.63) is 29.8 Å². The molecule has 0 aliphatic carbocycles. The second-order valence-corrected chi connectivity index (χ2v) is 6.82. The van der Waals surface area contributed by atoms with Crippen molar-refractivity contribution in [1.82, 2.24) is 14.8 Å². The smallest absolute Gasteiger partial charge is 0.248 e. The molecule has 1 aromatic rings. The van der Waals surface area contributed by atoms with E-state index in [1.165, 1.54) is 12.3 Å². The maximum atomic E-state index is 13.0. The highest BCUT2D eigenvalue weighted by molar-refractivity contribution is 5.78. The quantitative estimate of drug-likeness (QED) is 0.825. The van der Waals surface area contributed by atoms with Crippen LogP contribution in [0.2, 0.25) is 0 Å². The average Bonchev–Trinajstić information content (AvgIpc) is 2.69. The SMILES string of the molecule is CC(C)N1CC2(COCC1=O)CN(Cc1ccc(F)cn1)CCO2. The van der Waals surface area contributed by atoms with E-state index < -0.39 is 5.60 Å². The minimum Gasteiger partial charge on any atom is -0.369 e. The number of rotatable bonds is 3. The lowest BCUT2D eigenvalue weighted by atomic mass is 10.0. The first-order chi connectivity index (χ1) is 11.5. The van der Waals surface area contributed by atoms with Crippen molar-refractivity contribution in [2.24, 2.45) is 0 Å². The highest BCUT2D eigenvalue weighted by Crippen LogP contribution is 2.25. The van der Waals surface area contributed by atoms with Crippen LogP contribution >= 0.6 is 0 Å². The first-order valence-electron chi connectivity index (χ1n) is 8.31. The average molecular weight is 337 g/mol. The third-order valence-corrected chi connectivity index (χ3v) is 4.49. The number of ether oxygens (including phenoxy) is 2. The molecule has 3 rings (SSSR count). The van der Waals surface area contributed by atoms with Crippen molar-refractivity contribution >= 4 is 5.91 Å². The van der Waals surface area contributed by atoms with Gasteiger partial charge in [-0.2, -0.15) is 0 Å². The monoisotopic (exact) mass is 337 g/mol. The van der Waals surface area contributed by atoms with Crippen LogP contribution in [-0.4, -0.2) is 71.8 Å². The first-order valence-corrected chi connectivity index (χ1v) is 8.31. The van der Waals surface area contributed by atoms with Gasteiger partial charge in [0.1, 0.15) is 18.0 Å². The minimum absolute atomic E-state index is 0.00259. The zero-order valence-corrected chi connectivity index (χ0v) is 14.2. The maximum Gasteiger partial charge on any atom is 0.248 e. The van der Waals surface area contributed by atoms with Gasteiger partial charge in [-0.3, -0.25) is 14.7 Å². The number of nitrogens with zero attached hydrogens (tertiary/aromatic N) is 3. The van der Waals surface area contributed by atoms with Crippen molar-refractivity contribution in [2.45, 2.75) is 32.0 Å². The van der Waals surface area contributed by atoms with E-state index in [0.717, 1.165) is 12.2 Å². The van der Waals surface area contributed by atoms with E-state index in [1.54, 1.807) is 6.07 Å². The second kappa shape index (κ2) is 7.13. The van der Waals surface area contributed by atoms with Crippen LogP contribution in [-0.2, 0) is 20.8 Å². The van der Waals surface area contributed by atoms with Gasteiger partial charge in [0, 0.05) is 25.7 Å². The number of carbonyl (C=O) groups is 1. The molecule has 132 valence electrons. The Kier molecular flexibility index (Phi) is 5.12. The lowest BCUT2D eigenvalue weighted by molar-refractivity contribution is -0.147. The van der Waals surface area contributed by atoms with Crippen molar-refractivity contribution in [3.63, 3.8) is 0 Å². The van der Waals surface area contributed by atoms with E-state index in [1.807, 2.05) is 18.7 Å². The highest BCUT2D eigenvalue weighted by atomic mass is 19.1. The lowest BCUT2D eigenvalue weighted by Crippen LogP contribution is -2.59. The van der Waals surface area contributed by atoms with Gasteiger partial charge in [0.15, 0.2) is 0 Å². The summed E-state index contributed by atoms with van der Waals surface area (Å²) in [6, 6.07) is 3.23. The number of hydrogen-bond acceptors (Lipinski definition) is 5. The van der Waals surface area contributed by atoms with Crippen molar-refractivity contribution in [3.8, 4) is 0 Å². The molecule has 2 saturated heterocycles. The predicted molar refractivity (Wildman–Crippen MR) is 85.8 cm³/mol. The van der Waals surface area contributed by atoms with Gasteiger partial charge in [-0.25, -0.2) is 4.39 Å². The zero-order valence-electron chi connectivity index (χ0n) is 14.2. The Bertz CT molecular complexity index is 581. The van der Waals surface area contributed by atoms with Gasteiger partial charge in [0.2, 0.25) is 5.91 Å². The summed E-state index contributed by atoms with van der Waals surface area (Å²) in [5.74, 6) is -0.330. The third kappa shape index (κ3) is 3.91. The highest BCUT2D eigenvalue weighted by Gasteiger charge is 2.42. The van der Waals surface area contributed by atoms with E-state index in [4.69, 9.17) is 9.47 Å². The number of aromatic nitrogens is 1. The van der Waals surface area contributed by atoms with Crippen LogP contribution < -0.4 is 0 Å². The number of morpholine rings is 1. The van der Waals surface area contributed by atoms with Gasteiger partial charge in [-0.1, -0.05) is 0 Å². The number of hydrogen-bond donors (Lipinski definition) is 0. The van der Waals surface area contributed by atoms with Crippen LogP contribution in [0.25, 0.3) is 0 Å². The molecule has 24 heavy (non-hydrogen) atoms. The first kappa shape index (κ1) is 17.3. The maximum absolute atomic E-state index is 13.0. The van der Waals surface area contributed by atoms with E-state index >= 15 is 0 Å². The summed E-state index contributed by atoms with van der Waals surface area (Å²) in [7, 11) is 0. The molecule has 1 amide bonds. The molecule has 7 heteroatoms. The summed E-state index contributed by atoms with van der Waals surface area (Å²) in [5, 5.41) is 0. The molecule has 0 bridgehead atoms. The molecule has 2 aliphatic rings. The van der Waals surface area contributed by atoms with E-state index in [0.29, 0.717) is 32.8 Å². The molecule has 1 spiro atoms. The van der Waals surface area contributed by atoms with Crippen LogP contribution in [0.4, 0.5) is 4.39 Å². The molecule has 0 saturated carbocycles. The number of amides is 1. The molecule has 0 N–H and O–H groups in total. The second-order valence-electron chi connectivity index (χ2n) is 6.82. The van der Waals surface area contributed by atoms with Gasteiger partial charge in [-0.05, 0) is 26.0 Å². The summed E-state index contributed by atoms with van der Waals surface area (Å²) in [5.41, 5.74) is 0.300. The van der Waals surface area contributed by atoms with Gasteiger partial charge in [-0.15, -0.1) is 0 Å². The molecule has 0 radical (unpaired) electrons. The third-order valence-electron chi connectivity index (χ3n) is 4.49. The molecule has 2 aliphatic heterocycles. The van der Waals surface area contributed by atoms with E-state index in [9.17, 15) is 9.18 Å². The minimum atomic E-state index is -0.519. The Morgan fingerprint density at radius 3 is 2.92 bits per heavy atom. The van der Waals surface area contributed by atoms with E-state index in [2.05, 4.69) is 9.88 Å². The molecule has 3 heterocycles. The molecule has 6 nitrogen and oxygen atoms in total. The Hall–Kier alpha value is -1.57. The molecule has 1 atom stereocenters. The molecular formula is C17H24FN3O3. The summed E-state index contributed by atoms with van der Waals surface area (Å²) in [6.45, 7) is 7.65. The molecule has 2 fully saturated rings. The fourth-order valence-corrected chi connectivity index (χ4v) is 3.29. The molecule has 0 aromatic carbocycles. The Morgan fingerprint density at radius 1 is 1.38 bits per heavy atom. The number of carbonyl (C=O) groups excluding carboxylic acids is 1. The molecular weight excluding hydrogens is 313 g/mol. The van der Waals surface area contributed by atoms with E-state index in [-0.39, 0.29) is 24.4 Å². The predicted octanol–water partition coefficient (Wildman–Crippen LogP) is 1.06. The summed E-state index contributed by atoms with van der Waals surface area (Å²) in [6.07, 6.45) is 1.24. The van der Waals surface area contributed by atoms with Crippen LogP contribution in [0.15, 0.2) is 18.3 Å². The van der Waals surface area contributed by atoms with Crippen LogP contribution in [0.1, 0.15) is 19.5 Å². The number of pyridine rings is 1. The number of halogens is 1. The van der Waals surface area contributed by atoms with Crippen LogP contribution in [0, 0.1) is 5.82 Å². The summed E-state index contributed by atoms with van der Waals surface area (Å²) in [4.78, 5) is 20.3. The molecule has 1 aromatic heterocycles. The summed E-state index contributed by atoms with van der Waals surface area (Å²) >= 11 is 0. The fourth-order valence-electron chi connectivity index (χ4n) is 3.29. The molecule has 1 unspecified atom stereocenters. The standard InChI is InChI=1S/C17H24FN3O3/c1-13(2)21-11-17(12-23-9-16(21)22)10-20(5-6-24-17)8-15-4-3-14(18)7-19-15/h3-4,7,13H,5-6,8-12H2,1-2H3. The Labute approximate surface area is 141 Å². The van der Waals surface area contributed by atoms with Crippen LogP contribution in [0.3, 0.4) is 0 Å². The van der Waals surface area contributed by atoms with Crippen molar-refractivity contribution < 1.29 is 18.7 Å². The van der Waals surface area contributed by atoms with Gasteiger partial charge in [0.25, 0.3) is 0 Å².